The zero-order chi connectivity index (χ0) is 17.1. The molecule has 1 aliphatic rings. The first kappa shape index (κ1) is 18.4. The Hall–Kier alpha value is -0.950. The average Bonchev–Trinajstić information content (AvgIpc) is 2.53. The van der Waals surface area contributed by atoms with Crippen LogP contribution < -0.4 is 4.72 Å². The fraction of sp³-hybridized carbons (Fsp3) is 0.647. The number of benzene rings is 1. The van der Waals surface area contributed by atoms with Gasteiger partial charge in [-0.05, 0) is 38.3 Å². The Labute approximate surface area is 140 Å². The molecule has 0 aliphatic carbocycles. The highest BCUT2D eigenvalue weighted by Gasteiger charge is 2.32. The lowest BCUT2D eigenvalue weighted by Gasteiger charge is -2.41. The summed E-state index contributed by atoms with van der Waals surface area (Å²) in [6.45, 7) is 8.24. The number of ether oxygens (including phenoxy) is 1. The quantitative estimate of drug-likeness (QED) is 0.822. The van der Waals surface area contributed by atoms with Crippen molar-refractivity contribution < 1.29 is 13.2 Å². The molecule has 0 saturated carbocycles. The maximum Gasteiger partial charge on any atom is 0.216 e. The van der Waals surface area contributed by atoms with Crippen LogP contribution in [0.3, 0.4) is 0 Å². The summed E-state index contributed by atoms with van der Waals surface area (Å²) in [7, 11) is -1.84. The minimum Gasteiger partial charge on any atom is -0.383 e. The monoisotopic (exact) mass is 340 g/mol. The van der Waals surface area contributed by atoms with E-state index in [1.165, 1.54) is 18.2 Å². The van der Waals surface area contributed by atoms with Crippen molar-refractivity contribution in [1.82, 2.24) is 9.62 Å². The predicted octanol–water partition coefficient (Wildman–Crippen LogP) is 1.78. The minimum atomic E-state index is -3.36. The Bertz CT molecular complexity index is 628. The molecule has 0 unspecified atom stereocenters. The van der Waals surface area contributed by atoms with Gasteiger partial charge >= 0.3 is 0 Å². The lowest BCUT2D eigenvalue weighted by Crippen LogP contribution is -2.54. The van der Waals surface area contributed by atoms with E-state index in [0.717, 1.165) is 19.5 Å². The van der Waals surface area contributed by atoms with Crippen molar-refractivity contribution in [1.29, 1.82) is 0 Å². The summed E-state index contributed by atoms with van der Waals surface area (Å²) in [6.07, 6.45) is 1.01. The van der Waals surface area contributed by atoms with E-state index in [9.17, 15) is 8.42 Å². The fourth-order valence-electron chi connectivity index (χ4n) is 2.87. The van der Waals surface area contributed by atoms with Crippen LogP contribution in [-0.4, -0.2) is 50.9 Å². The average molecular weight is 340 g/mol. The Morgan fingerprint density at radius 3 is 2.61 bits per heavy atom. The molecule has 130 valence electrons. The third-order valence-electron chi connectivity index (χ3n) is 4.62. The van der Waals surface area contributed by atoms with Gasteiger partial charge in [-0.25, -0.2) is 13.1 Å². The summed E-state index contributed by atoms with van der Waals surface area (Å²) in [6, 6.07) is 8.46. The number of rotatable bonds is 7. The van der Waals surface area contributed by atoms with Gasteiger partial charge in [-0.15, -0.1) is 0 Å². The predicted molar refractivity (Wildman–Crippen MR) is 92.9 cm³/mol. The number of sulfonamides is 1. The van der Waals surface area contributed by atoms with Gasteiger partial charge in [0.1, 0.15) is 0 Å². The summed E-state index contributed by atoms with van der Waals surface area (Å²) in [5, 5.41) is -0.551. The first-order valence-corrected chi connectivity index (χ1v) is 9.60. The SMILES string of the molecule is COC[C@H](C)S(=O)(=O)NCC(C)(C)N1CCc2ccccc2C1. The molecule has 1 aromatic carbocycles. The van der Waals surface area contributed by atoms with E-state index in [0.29, 0.717) is 6.54 Å². The van der Waals surface area contributed by atoms with Crippen LogP contribution in [0.15, 0.2) is 24.3 Å². The van der Waals surface area contributed by atoms with Crippen LogP contribution in [0, 0.1) is 0 Å². The second kappa shape index (κ2) is 7.30. The highest BCUT2D eigenvalue weighted by molar-refractivity contribution is 7.90. The molecular formula is C17H28N2O3S. The Morgan fingerprint density at radius 2 is 1.96 bits per heavy atom. The third-order valence-corrected chi connectivity index (χ3v) is 6.37. The summed E-state index contributed by atoms with van der Waals surface area (Å²) < 4.78 is 32.2. The van der Waals surface area contributed by atoms with Gasteiger partial charge in [-0.2, -0.15) is 0 Å². The molecule has 0 fully saturated rings. The molecule has 0 saturated heterocycles. The first-order valence-electron chi connectivity index (χ1n) is 8.05. The standard InChI is InChI=1S/C17H28N2O3S/c1-14(12-22-4)23(20,21)18-13-17(2,3)19-10-9-15-7-5-6-8-16(15)11-19/h5-8,14,18H,9-13H2,1-4H3/t14-/m0/s1. The van der Waals surface area contributed by atoms with E-state index in [-0.39, 0.29) is 12.1 Å². The smallest absolute Gasteiger partial charge is 0.216 e. The molecule has 1 N–H and O–H groups in total. The molecule has 0 spiro atoms. The molecule has 23 heavy (non-hydrogen) atoms. The lowest BCUT2D eigenvalue weighted by atomic mass is 9.94. The largest absolute Gasteiger partial charge is 0.383 e. The van der Waals surface area contributed by atoms with E-state index in [2.05, 4.69) is 47.7 Å². The Morgan fingerprint density at radius 1 is 1.30 bits per heavy atom. The molecule has 1 aromatic rings. The van der Waals surface area contributed by atoms with Crippen LogP contribution in [0.5, 0.6) is 0 Å². The summed E-state index contributed by atoms with van der Waals surface area (Å²) in [4.78, 5) is 2.35. The highest BCUT2D eigenvalue weighted by Crippen LogP contribution is 2.25. The van der Waals surface area contributed by atoms with Crippen molar-refractivity contribution in [2.45, 2.75) is 44.5 Å². The number of nitrogens with one attached hydrogen (secondary N) is 1. The van der Waals surface area contributed by atoms with Crippen molar-refractivity contribution >= 4 is 10.0 Å². The lowest BCUT2D eigenvalue weighted by molar-refractivity contribution is 0.108. The van der Waals surface area contributed by atoms with Crippen molar-refractivity contribution in [2.75, 3.05) is 26.8 Å². The summed E-state index contributed by atoms with van der Waals surface area (Å²) in [5.74, 6) is 0. The van der Waals surface area contributed by atoms with E-state index < -0.39 is 15.3 Å². The molecule has 2 rings (SSSR count). The van der Waals surface area contributed by atoms with Gasteiger partial charge < -0.3 is 4.74 Å². The second-order valence-electron chi connectivity index (χ2n) is 6.88. The van der Waals surface area contributed by atoms with Gasteiger partial charge in [0.2, 0.25) is 10.0 Å². The van der Waals surface area contributed by atoms with E-state index in [1.807, 2.05) is 0 Å². The molecule has 6 heteroatoms. The van der Waals surface area contributed by atoms with Crippen LogP contribution >= 0.6 is 0 Å². The van der Waals surface area contributed by atoms with E-state index in [4.69, 9.17) is 4.74 Å². The fourth-order valence-corrected chi connectivity index (χ4v) is 4.02. The first-order chi connectivity index (χ1) is 10.8. The van der Waals surface area contributed by atoms with Gasteiger partial charge in [0.25, 0.3) is 0 Å². The molecule has 1 aliphatic heterocycles. The summed E-state index contributed by atoms with van der Waals surface area (Å²) in [5.41, 5.74) is 2.49. The Balaban J connectivity index is 2.00. The van der Waals surface area contributed by atoms with Crippen LogP contribution in [0.2, 0.25) is 0 Å². The molecule has 1 heterocycles. The topological polar surface area (TPSA) is 58.6 Å². The van der Waals surface area contributed by atoms with Crippen molar-refractivity contribution in [3.05, 3.63) is 35.4 Å². The minimum absolute atomic E-state index is 0.201. The van der Waals surface area contributed by atoms with Crippen molar-refractivity contribution in [2.24, 2.45) is 0 Å². The van der Waals surface area contributed by atoms with Crippen LogP contribution in [-0.2, 0) is 27.7 Å². The van der Waals surface area contributed by atoms with Gasteiger partial charge in [-0.1, -0.05) is 24.3 Å². The van der Waals surface area contributed by atoms with Crippen LogP contribution in [0.4, 0.5) is 0 Å². The number of fused-ring (bicyclic) bond motifs is 1. The van der Waals surface area contributed by atoms with Crippen molar-refractivity contribution in [3.8, 4) is 0 Å². The summed E-state index contributed by atoms with van der Waals surface area (Å²) >= 11 is 0. The van der Waals surface area contributed by atoms with Gasteiger partial charge in [-0.3, -0.25) is 4.90 Å². The van der Waals surface area contributed by atoms with Gasteiger partial charge in [0.15, 0.2) is 0 Å². The number of hydrogen-bond donors (Lipinski definition) is 1. The van der Waals surface area contributed by atoms with E-state index in [1.54, 1.807) is 6.92 Å². The maximum atomic E-state index is 12.2. The van der Waals surface area contributed by atoms with Crippen LogP contribution in [0.1, 0.15) is 31.9 Å². The second-order valence-corrected chi connectivity index (χ2v) is 9.07. The van der Waals surface area contributed by atoms with Crippen molar-refractivity contribution in [3.63, 3.8) is 0 Å². The van der Waals surface area contributed by atoms with E-state index >= 15 is 0 Å². The maximum absolute atomic E-state index is 12.2. The number of nitrogens with zero attached hydrogens (tertiary/aromatic N) is 1. The van der Waals surface area contributed by atoms with Gasteiger partial charge in [0.05, 0.1) is 11.9 Å². The molecular weight excluding hydrogens is 312 g/mol. The number of methoxy groups -OCH3 is 1. The zero-order valence-electron chi connectivity index (χ0n) is 14.5. The Kier molecular flexibility index (Phi) is 5.84. The molecule has 1 atom stereocenters. The highest BCUT2D eigenvalue weighted by atomic mass is 32.2. The van der Waals surface area contributed by atoms with Crippen LogP contribution in [0.25, 0.3) is 0 Å². The zero-order valence-corrected chi connectivity index (χ0v) is 15.3. The normalized spacial score (nSPS) is 17.7. The third kappa shape index (κ3) is 4.53. The molecule has 0 bridgehead atoms. The van der Waals surface area contributed by atoms with Gasteiger partial charge in [0, 0.05) is 32.3 Å². The molecule has 5 nitrogen and oxygen atoms in total. The molecule has 0 amide bonds. The molecule has 0 radical (unpaired) electrons. The molecule has 0 aromatic heterocycles. The number of hydrogen-bond acceptors (Lipinski definition) is 4.